The molecule has 0 saturated heterocycles. The van der Waals surface area contributed by atoms with Crippen LogP contribution in [0.15, 0.2) is 6.20 Å². The van der Waals surface area contributed by atoms with Gasteiger partial charge in [-0.15, -0.1) is 11.3 Å². The number of aromatic nitrogens is 1. The Hall–Kier alpha value is -1.43. The van der Waals surface area contributed by atoms with Crippen LogP contribution in [-0.4, -0.2) is 22.0 Å². The second-order valence-electron chi connectivity index (χ2n) is 5.84. The number of thiazole rings is 1. The van der Waals surface area contributed by atoms with Crippen molar-refractivity contribution in [3.05, 3.63) is 16.1 Å². The average molecular weight is 310 g/mol. The average Bonchev–Trinajstić information content (AvgIpc) is 3.04. The van der Waals surface area contributed by atoms with Gasteiger partial charge in [0.2, 0.25) is 5.91 Å². The highest BCUT2D eigenvalue weighted by Crippen LogP contribution is 2.38. The van der Waals surface area contributed by atoms with Crippen molar-refractivity contribution in [3.63, 3.8) is 0 Å². The first-order valence-electron chi connectivity index (χ1n) is 7.37. The third-order valence-electron chi connectivity index (χ3n) is 4.26. The van der Waals surface area contributed by atoms with Crippen LogP contribution in [0.25, 0.3) is 0 Å². The predicted octanol–water partition coefficient (Wildman–Crippen LogP) is 2.77. The molecule has 1 aromatic rings. The van der Waals surface area contributed by atoms with E-state index < -0.39 is 17.8 Å². The Kier molecular flexibility index (Phi) is 4.98. The quantitative estimate of drug-likeness (QED) is 0.876. The van der Waals surface area contributed by atoms with Crippen LogP contribution in [0, 0.1) is 24.7 Å². The number of hydrogen-bond acceptors (Lipinski definition) is 4. The zero-order chi connectivity index (χ0) is 15.6. The first kappa shape index (κ1) is 15.9. The standard InChI is InChI=1S/C15H22N2O3S/c1-4-10-5-11(12(6-10)15(19)20)13(18)17-9(3)14-16-7-8(2)21-14/h7,9-12H,4-6H2,1-3H3,(H,17,18)(H,19,20)/t9?,10?,11-,12+/m0/s1. The van der Waals surface area contributed by atoms with Crippen LogP contribution in [0.2, 0.25) is 0 Å². The SMILES string of the molecule is CCC1C[C@H](C(=O)NC(C)c2ncc(C)s2)[C@H](C(=O)O)C1. The van der Waals surface area contributed by atoms with E-state index in [1.54, 1.807) is 17.5 Å². The minimum atomic E-state index is -0.858. The van der Waals surface area contributed by atoms with Gasteiger partial charge in [-0.2, -0.15) is 0 Å². The van der Waals surface area contributed by atoms with Gasteiger partial charge in [-0.3, -0.25) is 9.59 Å². The number of amides is 1. The van der Waals surface area contributed by atoms with Crippen molar-refractivity contribution in [2.24, 2.45) is 17.8 Å². The van der Waals surface area contributed by atoms with Gasteiger partial charge < -0.3 is 10.4 Å². The van der Waals surface area contributed by atoms with Gasteiger partial charge in [-0.05, 0) is 32.6 Å². The first-order valence-corrected chi connectivity index (χ1v) is 8.19. The van der Waals surface area contributed by atoms with E-state index >= 15 is 0 Å². The van der Waals surface area contributed by atoms with E-state index in [4.69, 9.17) is 0 Å². The summed E-state index contributed by atoms with van der Waals surface area (Å²) in [5.74, 6) is -1.65. The molecular weight excluding hydrogens is 288 g/mol. The van der Waals surface area contributed by atoms with Gasteiger partial charge in [0.15, 0.2) is 0 Å². The lowest BCUT2D eigenvalue weighted by molar-refractivity contribution is -0.146. The van der Waals surface area contributed by atoms with Gasteiger partial charge in [0, 0.05) is 11.1 Å². The third-order valence-corrected chi connectivity index (χ3v) is 5.36. The molecule has 21 heavy (non-hydrogen) atoms. The van der Waals surface area contributed by atoms with Gasteiger partial charge in [-0.1, -0.05) is 13.3 Å². The number of carbonyl (C=O) groups is 2. The molecule has 116 valence electrons. The molecule has 1 heterocycles. The summed E-state index contributed by atoms with van der Waals surface area (Å²) in [5, 5.41) is 13.1. The highest BCUT2D eigenvalue weighted by Gasteiger charge is 2.42. The Morgan fingerprint density at radius 3 is 2.67 bits per heavy atom. The van der Waals surface area contributed by atoms with Crippen LogP contribution >= 0.6 is 11.3 Å². The van der Waals surface area contributed by atoms with Crippen LogP contribution < -0.4 is 5.32 Å². The molecule has 6 heteroatoms. The van der Waals surface area contributed by atoms with E-state index in [0.29, 0.717) is 18.8 Å². The van der Waals surface area contributed by atoms with Crippen molar-refractivity contribution in [2.75, 3.05) is 0 Å². The molecule has 0 aliphatic heterocycles. The summed E-state index contributed by atoms with van der Waals surface area (Å²) in [7, 11) is 0. The van der Waals surface area contributed by atoms with Crippen molar-refractivity contribution >= 4 is 23.2 Å². The fourth-order valence-electron chi connectivity index (χ4n) is 2.99. The highest BCUT2D eigenvalue weighted by molar-refractivity contribution is 7.11. The molecule has 5 nitrogen and oxygen atoms in total. The summed E-state index contributed by atoms with van der Waals surface area (Å²) in [6.45, 7) is 5.90. The summed E-state index contributed by atoms with van der Waals surface area (Å²) < 4.78 is 0. The third kappa shape index (κ3) is 3.61. The maximum atomic E-state index is 12.4. The molecule has 2 rings (SSSR count). The molecule has 0 spiro atoms. The normalized spacial score (nSPS) is 26.5. The zero-order valence-electron chi connectivity index (χ0n) is 12.6. The number of carbonyl (C=O) groups excluding carboxylic acids is 1. The lowest BCUT2D eigenvalue weighted by atomic mass is 9.95. The minimum Gasteiger partial charge on any atom is -0.481 e. The van der Waals surface area contributed by atoms with E-state index in [9.17, 15) is 14.7 Å². The lowest BCUT2D eigenvalue weighted by Gasteiger charge is -2.18. The first-order chi connectivity index (χ1) is 9.92. The predicted molar refractivity (Wildman–Crippen MR) is 81.0 cm³/mol. The van der Waals surface area contributed by atoms with Crippen molar-refractivity contribution in [2.45, 2.75) is 46.1 Å². The van der Waals surface area contributed by atoms with E-state index in [1.165, 1.54) is 0 Å². The Bertz CT molecular complexity index is 529. The minimum absolute atomic E-state index is 0.154. The molecule has 1 saturated carbocycles. The van der Waals surface area contributed by atoms with E-state index in [-0.39, 0.29) is 11.9 Å². The highest BCUT2D eigenvalue weighted by atomic mass is 32.1. The molecule has 1 aromatic heterocycles. The van der Waals surface area contributed by atoms with E-state index in [1.807, 2.05) is 20.8 Å². The van der Waals surface area contributed by atoms with Crippen molar-refractivity contribution in [1.82, 2.24) is 10.3 Å². The number of aryl methyl sites for hydroxylation is 1. The Labute approximate surface area is 128 Å². The Morgan fingerprint density at radius 2 is 2.14 bits per heavy atom. The van der Waals surface area contributed by atoms with Crippen molar-refractivity contribution < 1.29 is 14.7 Å². The van der Waals surface area contributed by atoms with Crippen LogP contribution in [0.4, 0.5) is 0 Å². The summed E-state index contributed by atoms with van der Waals surface area (Å²) in [5.41, 5.74) is 0. The van der Waals surface area contributed by atoms with Crippen LogP contribution in [0.1, 0.15) is 49.0 Å². The second kappa shape index (κ2) is 6.56. The number of hydrogen-bond donors (Lipinski definition) is 2. The Morgan fingerprint density at radius 1 is 1.48 bits per heavy atom. The molecule has 1 aliphatic rings. The van der Waals surface area contributed by atoms with Gasteiger partial charge >= 0.3 is 5.97 Å². The number of nitrogens with one attached hydrogen (secondary N) is 1. The zero-order valence-corrected chi connectivity index (χ0v) is 13.4. The van der Waals surface area contributed by atoms with E-state index in [2.05, 4.69) is 10.3 Å². The lowest BCUT2D eigenvalue weighted by Crippen LogP contribution is -2.36. The molecule has 2 N–H and O–H groups in total. The molecule has 1 amide bonds. The van der Waals surface area contributed by atoms with Gasteiger partial charge in [0.1, 0.15) is 5.01 Å². The van der Waals surface area contributed by atoms with Crippen molar-refractivity contribution in [3.8, 4) is 0 Å². The summed E-state index contributed by atoms with van der Waals surface area (Å²) in [6, 6.07) is -0.175. The number of carboxylic acids is 1. The fourth-order valence-corrected chi connectivity index (χ4v) is 3.77. The van der Waals surface area contributed by atoms with Gasteiger partial charge in [0.25, 0.3) is 0 Å². The van der Waals surface area contributed by atoms with Crippen LogP contribution in [0.3, 0.4) is 0 Å². The molecule has 0 radical (unpaired) electrons. The molecule has 2 unspecified atom stereocenters. The van der Waals surface area contributed by atoms with Crippen LogP contribution in [0.5, 0.6) is 0 Å². The largest absolute Gasteiger partial charge is 0.481 e. The number of nitrogens with zero attached hydrogens (tertiary/aromatic N) is 1. The molecule has 1 fully saturated rings. The molecule has 0 aromatic carbocycles. The molecule has 4 atom stereocenters. The second-order valence-corrected chi connectivity index (χ2v) is 7.10. The smallest absolute Gasteiger partial charge is 0.307 e. The monoisotopic (exact) mass is 310 g/mol. The topological polar surface area (TPSA) is 79.3 Å². The van der Waals surface area contributed by atoms with Gasteiger partial charge in [0.05, 0.1) is 17.9 Å². The maximum Gasteiger partial charge on any atom is 0.307 e. The molecule has 1 aliphatic carbocycles. The van der Waals surface area contributed by atoms with Crippen LogP contribution in [-0.2, 0) is 9.59 Å². The summed E-state index contributed by atoms with van der Waals surface area (Å²) in [4.78, 5) is 29.1. The van der Waals surface area contributed by atoms with Crippen molar-refractivity contribution in [1.29, 1.82) is 0 Å². The molecular formula is C15H22N2O3S. The maximum absolute atomic E-state index is 12.4. The number of aliphatic carboxylic acids is 1. The van der Waals surface area contributed by atoms with Gasteiger partial charge in [-0.25, -0.2) is 4.98 Å². The fraction of sp³-hybridized carbons (Fsp3) is 0.667. The number of rotatable bonds is 5. The number of carboxylic acid groups (broad SMARTS) is 1. The Balaban J connectivity index is 2.03. The van der Waals surface area contributed by atoms with E-state index in [0.717, 1.165) is 16.3 Å². The summed E-state index contributed by atoms with van der Waals surface area (Å²) >= 11 is 1.55. The molecule has 0 bridgehead atoms. The summed E-state index contributed by atoms with van der Waals surface area (Å²) in [6.07, 6.45) is 3.98.